The number of hydrogen-bond acceptors (Lipinski definition) is 8. The number of nitrogens with zero attached hydrogens (tertiary/aromatic N) is 3. The quantitative estimate of drug-likeness (QED) is 0.483. The number of carboxylic acid groups (broad SMARTS) is 1. The van der Waals surface area contributed by atoms with Crippen LogP contribution in [0.4, 0.5) is 0 Å². The topological polar surface area (TPSA) is 112 Å². The maximum atomic E-state index is 13.0. The Morgan fingerprint density at radius 3 is 2.61 bits per heavy atom. The number of hydrogen-bond donors (Lipinski definition) is 2. The molecule has 2 aromatic heterocycles. The molecule has 11 heteroatoms. The van der Waals surface area contributed by atoms with Crippen LogP contribution in [0.25, 0.3) is 0 Å². The summed E-state index contributed by atoms with van der Waals surface area (Å²) < 4.78 is 0.606. The lowest BCUT2D eigenvalue weighted by molar-refractivity contribution is -0.162. The second-order valence-corrected chi connectivity index (χ2v) is 10.4. The summed E-state index contributed by atoms with van der Waals surface area (Å²) >= 11 is 4.05. The summed E-state index contributed by atoms with van der Waals surface area (Å²) in [6, 6.07) is 10.3. The van der Waals surface area contributed by atoms with Crippen molar-refractivity contribution in [3.63, 3.8) is 0 Å². The molecule has 1 aliphatic rings. The van der Waals surface area contributed by atoms with Gasteiger partial charge in [0.1, 0.15) is 16.4 Å². The summed E-state index contributed by atoms with van der Waals surface area (Å²) in [5.74, 6) is -1.86. The average molecular weight is 475 g/mol. The van der Waals surface area contributed by atoms with E-state index < -0.39 is 29.3 Å². The molecule has 160 valence electrons. The van der Waals surface area contributed by atoms with Gasteiger partial charge in [0.15, 0.2) is 10.4 Å². The SMILES string of the molecule is Cc1nnc(SC2C(NC(=O)Cc3cccs3)C(=O)N2C(C(=O)O)c2ccccc2)s1. The second-order valence-electron chi connectivity index (χ2n) is 6.79. The number of β-lactam (4-membered cyclic amide) rings is 1. The first-order valence-corrected chi connectivity index (χ1v) is 11.9. The highest BCUT2D eigenvalue weighted by molar-refractivity contribution is 8.01. The molecule has 31 heavy (non-hydrogen) atoms. The Morgan fingerprint density at radius 2 is 2.00 bits per heavy atom. The van der Waals surface area contributed by atoms with Crippen molar-refractivity contribution >= 4 is 52.2 Å². The molecule has 0 radical (unpaired) electrons. The lowest BCUT2D eigenvalue weighted by Gasteiger charge is -2.48. The van der Waals surface area contributed by atoms with Gasteiger partial charge < -0.3 is 15.3 Å². The molecule has 1 aromatic carbocycles. The van der Waals surface area contributed by atoms with Gasteiger partial charge in [-0.3, -0.25) is 9.59 Å². The largest absolute Gasteiger partial charge is 0.479 e. The Labute approximate surface area is 190 Å². The Kier molecular flexibility index (Phi) is 6.35. The van der Waals surface area contributed by atoms with E-state index in [1.54, 1.807) is 30.3 Å². The Bertz CT molecular complexity index is 1090. The van der Waals surface area contributed by atoms with Crippen LogP contribution in [0.3, 0.4) is 0 Å². The van der Waals surface area contributed by atoms with Crippen LogP contribution in [0.15, 0.2) is 52.2 Å². The summed E-state index contributed by atoms with van der Waals surface area (Å²) in [6.07, 6.45) is 0.164. The lowest BCUT2D eigenvalue weighted by atomic mass is 9.97. The molecule has 1 fully saturated rings. The number of carboxylic acids is 1. The van der Waals surface area contributed by atoms with E-state index in [4.69, 9.17) is 0 Å². The summed E-state index contributed by atoms with van der Waals surface area (Å²) in [5, 5.41) is 22.8. The van der Waals surface area contributed by atoms with Crippen LogP contribution in [-0.2, 0) is 20.8 Å². The molecule has 3 atom stereocenters. The molecule has 4 rings (SSSR count). The smallest absolute Gasteiger partial charge is 0.331 e. The van der Waals surface area contributed by atoms with Gasteiger partial charge in [-0.15, -0.1) is 21.5 Å². The number of aryl methyl sites for hydroxylation is 1. The highest BCUT2D eigenvalue weighted by atomic mass is 32.2. The molecule has 0 bridgehead atoms. The number of thioether (sulfide) groups is 1. The first kappa shape index (κ1) is 21.5. The Balaban J connectivity index is 1.58. The van der Waals surface area contributed by atoms with Crippen LogP contribution in [0.1, 0.15) is 21.5 Å². The van der Waals surface area contributed by atoms with Gasteiger partial charge in [-0.25, -0.2) is 4.79 Å². The molecule has 2 amide bonds. The number of benzene rings is 1. The van der Waals surface area contributed by atoms with Gasteiger partial charge >= 0.3 is 5.97 Å². The average Bonchev–Trinajstić information content (AvgIpc) is 3.41. The number of thiophene rings is 1. The molecule has 1 aliphatic heterocycles. The van der Waals surface area contributed by atoms with Crippen LogP contribution in [0, 0.1) is 6.92 Å². The molecule has 0 aliphatic carbocycles. The number of likely N-dealkylation sites (tertiary alicyclic amines) is 1. The minimum Gasteiger partial charge on any atom is -0.479 e. The van der Waals surface area contributed by atoms with E-state index in [1.165, 1.54) is 39.3 Å². The first-order valence-electron chi connectivity index (χ1n) is 9.32. The van der Waals surface area contributed by atoms with Crippen molar-refractivity contribution in [1.29, 1.82) is 0 Å². The van der Waals surface area contributed by atoms with Crippen molar-refractivity contribution in [2.45, 2.75) is 35.1 Å². The Morgan fingerprint density at radius 1 is 1.23 bits per heavy atom. The van der Waals surface area contributed by atoms with Crippen LogP contribution >= 0.6 is 34.4 Å². The fourth-order valence-corrected chi connectivity index (χ4v) is 6.22. The number of rotatable bonds is 8. The van der Waals surface area contributed by atoms with Gasteiger partial charge in [-0.05, 0) is 23.9 Å². The molecule has 1 saturated heterocycles. The maximum Gasteiger partial charge on any atom is 0.331 e. The summed E-state index contributed by atoms with van der Waals surface area (Å²) in [5.41, 5.74) is 0.491. The van der Waals surface area contributed by atoms with Crippen molar-refractivity contribution in [1.82, 2.24) is 20.4 Å². The fourth-order valence-electron chi connectivity index (χ4n) is 3.30. The summed E-state index contributed by atoms with van der Waals surface area (Å²) in [7, 11) is 0. The van der Waals surface area contributed by atoms with Crippen molar-refractivity contribution in [2.75, 3.05) is 0 Å². The third-order valence-electron chi connectivity index (χ3n) is 4.67. The molecule has 0 saturated carbocycles. The monoisotopic (exact) mass is 474 g/mol. The van der Waals surface area contributed by atoms with Crippen LogP contribution < -0.4 is 5.32 Å². The van der Waals surface area contributed by atoms with E-state index in [9.17, 15) is 19.5 Å². The molecule has 8 nitrogen and oxygen atoms in total. The zero-order valence-electron chi connectivity index (χ0n) is 16.3. The number of aromatic nitrogens is 2. The van der Waals surface area contributed by atoms with Crippen molar-refractivity contribution < 1.29 is 19.5 Å². The highest BCUT2D eigenvalue weighted by Gasteiger charge is 2.54. The van der Waals surface area contributed by atoms with Crippen LogP contribution in [0.5, 0.6) is 0 Å². The van der Waals surface area contributed by atoms with Gasteiger partial charge in [0.2, 0.25) is 11.8 Å². The molecule has 2 N–H and O–H groups in total. The summed E-state index contributed by atoms with van der Waals surface area (Å²) in [4.78, 5) is 39.8. The molecule has 3 unspecified atom stereocenters. The zero-order valence-corrected chi connectivity index (χ0v) is 18.7. The van der Waals surface area contributed by atoms with Crippen molar-refractivity contribution in [2.24, 2.45) is 0 Å². The third kappa shape index (κ3) is 4.63. The van der Waals surface area contributed by atoms with E-state index in [0.29, 0.717) is 9.90 Å². The number of carbonyl (C=O) groups excluding carboxylic acids is 2. The van der Waals surface area contributed by atoms with Crippen molar-refractivity contribution in [3.05, 3.63) is 63.3 Å². The summed E-state index contributed by atoms with van der Waals surface area (Å²) in [6.45, 7) is 1.82. The second kappa shape index (κ2) is 9.16. The predicted molar refractivity (Wildman–Crippen MR) is 118 cm³/mol. The van der Waals surface area contributed by atoms with Gasteiger partial charge in [0, 0.05) is 4.88 Å². The highest BCUT2D eigenvalue weighted by Crippen LogP contribution is 2.41. The number of aliphatic carboxylic acids is 1. The van der Waals surface area contributed by atoms with Gasteiger partial charge in [0.25, 0.3) is 0 Å². The molecule has 0 spiro atoms. The predicted octanol–water partition coefficient (Wildman–Crippen LogP) is 2.72. The fraction of sp³-hybridized carbons (Fsp3) is 0.250. The molecule has 3 heterocycles. The first-order chi connectivity index (χ1) is 14.9. The van der Waals surface area contributed by atoms with Crippen LogP contribution in [-0.4, -0.2) is 49.4 Å². The van der Waals surface area contributed by atoms with Gasteiger partial charge in [0.05, 0.1) is 6.42 Å². The normalized spacial score (nSPS) is 19.0. The van der Waals surface area contributed by atoms with E-state index in [1.807, 2.05) is 24.4 Å². The molecular weight excluding hydrogens is 456 g/mol. The van der Waals surface area contributed by atoms with Crippen molar-refractivity contribution in [3.8, 4) is 0 Å². The minimum absolute atomic E-state index is 0.164. The van der Waals surface area contributed by atoms with Gasteiger partial charge in [-0.1, -0.05) is 59.5 Å². The van der Waals surface area contributed by atoms with E-state index >= 15 is 0 Å². The van der Waals surface area contributed by atoms with E-state index in [2.05, 4.69) is 15.5 Å². The zero-order chi connectivity index (χ0) is 22.0. The molecule has 3 aromatic rings. The van der Waals surface area contributed by atoms with E-state index in [0.717, 1.165) is 9.88 Å². The third-order valence-corrected chi connectivity index (χ3v) is 7.74. The van der Waals surface area contributed by atoms with Gasteiger partial charge in [-0.2, -0.15) is 0 Å². The Hall–Kier alpha value is -2.76. The maximum absolute atomic E-state index is 13.0. The molecular formula is C20H18N4O4S3. The number of amides is 2. The lowest BCUT2D eigenvalue weighted by Crippen LogP contribution is -2.70. The minimum atomic E-state index is -1.16. The number of carbonyl (C=O) groups is 3. The standard InChI is InChI=1S/C20H18N4O4S3/c1-11-22-23-20(30-11)31-18-15(21-14(25)10-13-8-5-9-29-13)17(26)24(18)16(19(27)28)12-6-3-2-4-7-12/h2-9,15-16,18H,10H2,1H3,(H,21,25)(H,27,28). The number of nitrogens with one attached hydrogen (secondary N) is 1. The van der Waals surface area contributed by atoms with E-state index in [-0.39, 0.29) is 12.3 Å². The van der Waals surface area contributed by atoms with Crippen LogP contribution in [0.2, 0.25) is 0 Å².